The quantitative estimate of drug-likeness (QED) is 0.715. The number of aliphatic carboxylic acids is 1. The van der Waals surface area contributed by atoms with Crippen LogP contribution >= 0.6 is 11.8 Å². The Morgan fingerprint density at radius 2 is 2.47 bits per heavy atom. The fourth-order valence-corrected chi connectivity index (χ4v) is 2.88. The second kappa shape index (κ2) is 7.09. The maximum Gasteiger partial charge on any atom is 0.323 e. The standard InChI is InChI=1S/C10H19NO3S/c1-14-7-9(10(12)13)11-6-8-4-2-3-5-15-8/h8-9,11H,2-7H2,1H3,(H,12,13). The lowest BCUT2D eigenvalue weighted by Crippen LogP contribution is -2.43. The highest BCUT2D eigenvalue weighted by Crippen LogP contribution is 2.24. The van der Waals surface area contributed by atoms with Crippen LogP contribution in [0.1, 0.15) is 19.3 Å². The molecule has 15 heavy (non-hydrogen) atoms. The van der Waals surface area contributed by atoms with E-state index in [9.17, 15) is 4.79 Å². The van der Waals surface area contributed by atoms with Crippen LogP contribution in [0.3, 0.4) is 0 Å². The second-order valence-corrected chi connectivity index (χ2v) is 5.15. The van der Waals surface area contributed by atoms with Gasteiger partial charge in [-0.15, -0.1) is 0 Å². The minimum Gasteiger partial charge on any atom is -0.480 e. The van der Waals surface area contributed by atoms with Crippen molar-refractivity contribution in [3.05, 3.63) is 0 Å². The number of thioether (sulfide) groups is 1. The molecule has 0 aromatic heterocycles. The molecule has 0 amide bonds. The lowest BCUT2D eigenvalue weighted by atomic mass is 10.2. The van der Waals surface area contributed by atoms with Crippen molar-refractivity contribution >= 4 is 17.7 Å². The summed E-state index contributed by atoms with van der Waals surface area (Å²) < 4.78 is 4.86. The Kier molecular flexibility index (Phi) is 6.05. The molecule has 1 saturated heterocycles. The van der Waals surface area contributed by atoms with Gasteiger partial charge in [0.2, 0.25) is 0 Å². The van der Waals surface area contributed by atoms with E-state index in [-0.39, 0.29) is 6.61 Å². The molecule has 0 saturated carbocycles. The number of hydrogen-bond acceptors (Lipinski definition) is 4. The third kappa shape index (κ3) is 4.86. The Hall–Kier alpha value is -0.260. The monoisotopic (exact) mass is 233 g/mol. The maximum absolute atomic E-state index is 10.8. The Bertz CT molecular complexity index is 195. The maximum atomic E-state index is 10.8. The smallest absolute Gasteiger partial charge is 0.323 e. The van der Waals surface area contributed by atoms with Gasteiger partial charge in [-0.2, -0.15) is 11.8 Å². The van der Waals surface area contributed by atoms with Gasteiger partial charge < -0.3 is 15.2 Å². The fourth-order valence-electron chi connectivity index (χ4n) is 1.63. The van der Waals surface area contributed by atoms with E-state index < -0.39 is 12.0 Å². The van der Waals surface area contributed by atoms with E-state index in [0.29, 0.717) is 5.25 Å². The molecule has 88 valence electrons. The molecule has 1 aliphatic rings. The molecule has 2 unspecified atom stereocenters. The Balaban J connectivity index is 2.22. The first kappa shape index (κ1) is 12.8. The van der Waals surface area contributed by atoms with Crippen molar-refractivity contribution in [2.45, 2.75) is 30.6 Å². The van der Waals surface area contributed by atoms with E-state index in [4.69, 9.17) is 9.84 Å². The average molecular weight is 233 g/mol. The van der Waals surface area contributed by atoms with Gasteiger partial charge in [0.1, 0.15) is 6.04 Å². The Morgan fingerprint density at radius 1 is 1.67 bits per heavy atom. The molecule has 1 rings (SSSR count). The van der Waals surface area contributed by atoms with Crippen LogP contribution in [0.25, 0.3) is 0 Å². The minimum atomic E-state index is -0.836. The van der Waals surface area contributed by atoms with Crippen molar-refractivity contribution in [3.8, 4) is 0 Å². The number of carboxylic acids is 1. The van der Waals surface area contributed by atoms with Crippen LogP contribution in [-0.4, -0.2) is 48.4 Å². The summed E-state index contributed by atoms with van der Waals surface area (Å²) in [6.07, 6.45) is 3.75. The van der Waals surface area contributed by atoms with E-state index in [0.717, 1.165) is 6.54 Å². The number of hydrogen-bond donors (Lipinski definition) is 2. The first-order valence-corrected chi connectivity index (χ1v) is 6.35. The molecule has 5 heteroatoms. The Labute approximate surface area is 94.8 Å². The third-order valence-electron chi connectivity index (χ3n) is 2.50. The summed E-state index contributed by atoms with van der Waals surface area (Å²) in [5, 5.41) is 12.5. The number of ether oxygens (including phenoxy) is 1. The average Bonchev–Trinajstić information content (AvgIpc) is 2.25. The van der Waals surface area contributed by atoms with Gasteiger partial charge in [0, 0.05) is 18.9 Å². The predicted octanol–water partition coefficient (Wildman–Crippen LogP) is 0.961. The predicted molar refractivity (Wildman–Crippen MR) is 61.4 cm³/mol. The summed E-state index contributed by atoms with van der Waals surface area (Å²) in [7, 11) is 1.52. The zero-order valence-corrected chi connectivity index (χ0v) is 9.89. The number of nitrogens with one attached hydrogen (secondary N) is 1. The number of rotatable bonds is 6. The number of methoxy groups -OCH3 is 1. The molecule has 0 spiro atoms. The van der Waals surface area contributed by atoms with E-state index in [2.05, 4.69) is 5.32 Å². The van der Waals surface area contributed by atoms with Gasteiger partial charge in [0.25, 0.3) is 0 Å². The van der Waals surface area contributed by atoms with Gasteiger partial charge in [-0.3, -0.25) is 4.79 Å². The molecule has 2 atom stereocenters. The summed E-state index contributed by atoms with van der Waals surface area (Å²) in [4.78, 5) is 10.8. The summed E-state index contributed by atoms with van der Waals surface area (Å²) in [5.74, 6) is 0.367. The van der Waals surface area contributed by atoms with Crippen molar-refractivity contribution in [3.63, 3.8) is 0 Å². The van der Waals surface area contributed by atoms with Gasteiger partial charge in [-0.1, -0.05) is 6.42 Å². The van der Waals surface area contributed by atoms with Crippen LogP contribution in [0.15, 0.2) is 0 Å². The van der Waals surface area contributed by atoms with Gasteiger partial charge >= 0.3 is 5.97 Å². The lowest BCUT2D eigenvalue weighted by molar-refractivity contribution is -0.140. The molecule has 0 aromatic rings. The van der Waals surface area contributed by atoms with E-state index >= 15 is 0 Å². The normalized spacial score (nSPS) is 23.7. The van der Waals surface area contributed by atoms with Gasteiger partial charge in [0.05, 0.1) is 6.61 Å². The summed E-state index contributed by atoms with van der Waals surface area (Å²) in [6.45, 7) is 0.998. The van der Waals surface area contributed by atoms with Gasteiger partial charge in [-0.05, 0) is 18.6 Å². The molecule has 0 aliphatic carbocycles. The third-order valence-corrected chi connectivity index (χ3v) is 3.90. The lowest BCUT2D eigenvalue weighted by Gasteiger charge is -2.23. The molecule has 1 heterocycles. The summed E-state index contributed by atoms with van der Waals surface area (Å²) >= 11 is 1.94. The van der Waals surface area contributed by atoms with Crippen LogP contribution < -0.4 is 5.32 Å². The molecule has 4 nitrogen and oxygen atoms in total. The van der Waals surface area contributed by atoms with Crippen molar-refractivity contribution in [2.24, 2.45) is 0 Å². The first-order chi connectivity index (χ1) is 7.24. The topological polar surface area (TPSA) is 58.6 Å². The van der Waals surface area contributed by atoms with Crippen molar-refractivity contribution in [1.29, 1.82) is 0 Å². The SMILES string of the molecule is COCC(NCC1CCCCS1)C(=O)O. The van der Waals surface area contributed by atoms with Crippen LogP contribution in [-0.2, 0) is 9.53 Å². The summed E-state index contributed by atoms with van der Waals surface area (Å²) in [6, 6.07) is -0.572. The molecular formula is C10H19NO3S. The van der Waals surface area contributed by atoms with Crippen LogP contribution in [0.4, 0.5) is 0 Å². The molecule has 0 aromatic carbocycles. The minimum absolute atomic E-state index is 0.229. The van der Waals surface area contributed by atoms with Crippen molar-refractivity contribution < 1.29 is 14.6 Å². The van der Waals surface area contributed by atoms with E-state index in [1.807, 2.05) is 11.8 Å². The van der Waals surface area contributed by atoms with Crippen LogP contribution in [0.5, 0.6) is 0 Å². The zero-order chi connectivity index (χ0) is 11.1. The highest BCUT2D eigenvalue weighted by atomic mass is 32.2. The number of carbonyl (C=O) groups is 1. The number of carboxylic acid groups (broad SMARTS) is 1. The highest BCUT2D eigenvalue weighted by molar-refractivity contribution is 7.99. The molecular weight excluding hydrogens is 214 g/mol. The van der Waals surface area contributed by atoms with E-state index in [1.54, 1.807) is 0 Å². The molecule has 1 fully saturated rings. The van der Waals surface area contributed by atoms with Crippen molar-refractivity contribution in [2.75, 3.05) is 26.0 Å². The molecule has 0 bridgehead atoms. The van der Waals surface area contributed by atoms with Crippen molar-refractivity contribution in [1.82, 2.24) is 5.32 Å². The second-order valence-electron chi connectivity index (χ2n) is 3.74. The molecule has 2 N–H and O–H groups in total. The molecule has 1 aliphatic heterocycles. The van der Waals surface area contributed by atoms with E-state index in [1.165, 1.54) is 32.1 Å². The first-order valence-electron chi connectivity index (χ1n) is 5.30. The Morgan fingerprint density at radius 3 is 3.00 bits per heavy atom. The largest absolute Gasteiger partial charge is 0.480 e. The molecule has 0 radical (unpaired) electrons. The van der Waals surface area contributed by atoms with Gasteiger partial charge in [0.15, 0.2) is 0 Å². The fraction of sp³-hybridized carbons (Fsp3) is 0.900. The van der Waals surface area contributed by atoms with Gasteiger partial charge in [-0.25, -0.2) is 0 Å². The van der Waals surface area contributed by atoms with Crippen LogP contribution in [0.2, 0.25) is 0 Å². The highest BCUT2D eigenvalue weighted by Gasteiger charge is 2.20. The van der Waals surface area contributed by atoms with Crippen LogP contribution in [0, 0.1) is 0 Å². The zero-order valence-electron chi connectivity index (χ0n) is 9.07. The summed E-state index contributed by atoms with van der Waals surface area (Å²) in [5.41, 5.74) is 0.